The SMILES string of the molecule is CCOC(O)C(O)CCC1CCN(C(=O)OC(C)(C)C)C1. The summed E-state index contributed by atoms with van der Waals surface area (Å²) in [5.74, 6) is 0.334. The lowest BCUT2D eigenvalue weighted by Gasteiger charge is -2.24. The van der Waals surface area contributed by atoms with Crippen molar-refractivity contribution in [3.05, 3.63) is 0 Å². The van der Waals surface area contributed by atoms with E-state index in [9.17, 15) is 15.0 Å². The summed E-state index contributed by atoms with van der Waals surface area (Å²) >= 11 is 0. The second-order valence-corrected chi connectivity index (χ2v) is 6.57. The largest absolute Gasteiger partial charge is 0.444 e. The van der Waals surface area contributed by atoms with Crippen LogP contribution in [0.1, 0.15) is 47.0 Å². The molecule has 6 heteroatoms. The number of carbonyl (C=O) groups is 1. The molecule has 1 aliphatic heterocycles. The zero-order valence-corrected chi connectivity index (χ0v) is 13.5. The molecule has 1 rings (SSSR count). The van der Waals surface area contributed by atoms with E-state index in [2.05, 4.69) is 0 Å². The minimum Gasteiger partial charge on any atom is -0.444 e. The number of aliphatic hydroxyl groups excluding tert-OH is 2. The Labute approximate surface area is 127 Å². The Morgan fingerprint density at radius 2 is 2.05 bits per heavy atom. The predicted octanol–water partition coefficient (Wildman–Crippen LogP) is 1.74. The van der Waals surface area contributed by atoms with E-state index in [0.717, 1.165) is 12.8 Å². The molecular formula is C15H29NO5. The summed E-state index contributed by atoms with van der Waals surface area (Å²) in [6, 6.07) is 0. The van der Waals surface area contributed by atoms with Gasteiger partial charge in [-0.05, 0) is 52.9 Å². The minimum atomic E-state index is -1.13. The van der Waals surface area contributed by atoms with Gasteiger partial charge in [0.25, 0.3) is 0 Å². The fourth-order valence-corrected chi connectivity index (χ4v) is 2.39. The highest BCUT2D eigenvalue weighted by atomic mass is 16.6. The maximum absolute atomic E-state index is 11.9. The van der Waals surface area contributed by atoms with Crippen LogP contribution < -0.4 is 0 Å². The van der Waals surface area contributed by atoms with E-state index in [1.807, 2.05) is 20.8 Å². The van der Waals surface area contributed by atoms with Crippen LogP contribution >= 0.6 is 0 Å². The fourth-order valence-electron chi connectivity index (χ4n) is 2.39. The lowest BCUT2D eigenvalue weighted by Crippen LogP contribution is -2.35. The van der Waals surface area contributed by atoms with Crippen LogP contribution in [0.4, 0.5) is 4.79 Å². The third kappa shape index (κ3) is 6.63. The van der Waals surface area contributed by atoms with Crippen LogP contribution in [-0.4, -0.2) is 58.9 Å². The van der Waals surface area contributed by atoms with Crippen molar-refractivity contribution in [2.75, 3.05) is 19.7 Å². The Morgan fingerprint density at radius 3 is 2.62 bits per heavy atom. The first kappa shape index (κ1) is 18.2. The van der Waals surface area contributed by atoms with Gasteiger partial charge in [0, 0.05) is 19.7 Å². The first-order valence-corrected chi connectivity index (χ1v) is 7.68. The maximum atomic E-state index is 11.9. The zero-order valence-electron chi connectivity index (χ0n) is 13.5. The van der Waals surface area contributed by atoms with E-state index in [1.165, 1.54) is 0 Å². The van der Waals surface area contributed by atoms with E-state index in [1.54, 1.807) is 11.8 Å². The second-order valence-electron chi connectivity index (χ2n) is 6.57. The van der Waals surface area contributed by atoms with Crippen molar-refractivity contribution in [2.45, 2.75) is 65.0 Å². The number of rotatable bonds is 6. The van der Waals surface area contributed by atoms with Gasteiger partial charge in [-0.3, -0.25) is 0 Å². The summed E-state index contributed by atoms with van der Waals surface area (Å²) in [5.41, 5.74) is -0.479. The summed E-state index contributed by atoms with van der Waals surface area (Å²) in [6.45, 7) is 9.02. The quantitative estimate of drug-likeness (QED) is 0.731. The molecule has 0 aromatic carbocycles. The van der Waals surface area contributed by atoms with Crippen LogP contribution in [0.3, 0.4) is 0 Å². The molecule has 1 amide bonds. The standard InChI is InChI=1S/C15H29NO5/c1-5-20-13(18)12(17)7-6-11-8-9-16(10-11)14(19)21-15(2,3)4/h11-13,17-18H,5-10H2,1-4H3. The predicted molar refractivity (Wildman–Crippen MR) is 78.8 cm³/mol. The summed E-state index contributed by atoms with van der Waals surface area (Å²) in [7, 11) is 0. The number of aliphatic hydroxyl groups is 2. The van der Waals surface area contributed by atoms with Crippen LogP contribution in [0.2, 0.25) is 0 Å². The van der Waals surface area contributed by atoms with E-state index in [4.69, 9.17) is 9.47 Å². The molecule has 2 N–H and O–H groups in total. The average Bonchev–Trinajstić information content (AvgIpc) is 2.83. The van der Waals surface area contributed by atoms with Gasteiger partial charge in [-0.1, -0.05) is 0 Å². The van der Waals surface area contributed by atoms with Gasteiger partial charge in [0.05, 0.1) is 0 Å². The summed E-state index contributed by atoms with van der Waals surface area (Å²) in [5, 5.41) is 19.3. The number of nitrogens with zero attached hydrogens (tertiary/aromatic N) is 1. The van der Waals surface area contributed by atoms with Gasteiger partial charge in [0.2, 0.25) is 0 Å². The monoisotopic (exact) mass is 303 g/mol. The van der Waals surface area contributed by atoms with Crippen molar-refractivity contribution < 1.29 is 24.5 Å². The normalized spacial score (nSPS) is 22.2. The van der Waals surface area contributed by atoms with Gasteiger partial charge in [-0.25, -0.2) is 4.79 Å². The second kappa shape index (κ2) is 7.96. The molecule has 0 bridgehead atoms. The molecule has 1 aliphatic rings. The molecule has 1 saturated heterocycles. The molecule has 0 aromatic rings. The smallest absolute Gasteiger partial charge is 0.410 e. The third-order valence-electron chi connectivity index (χ3n) is 3.47. The summed E-state index contributed by atoms with van der Waals surface area (Å²) < 4.78 is 10.3. The third-order valence-corrected chi connectivity index (χ3v) is 3.47. The molecule has 124 valence electrons. The highest BCUT2D eigenvalue weighted by Crippen LogP contribution is 2.24. The number of ether oxygens (including phenoxy) is 2. The van der Waals surface area contributed by atoms with Gasteiger partial charge in [-0.2, -0.15) is 0 Å². The van der Waals surface area contributed by atoms with Gasteiger partial charge in [0.15, 0.2) is 6.29 Å². The molecule has 0 aromatic heterocycles. The number of amides is 1. The Balaban J connectivity index is 2.30. The van der Waals surface area contributed by atoms with Crippen LogP contribution in [0.5, 0.6) is 0 Å². The van der Waals surface area contributed by atoms with Crippen molar-refractivity contribution in [3.8, 4) is 0 Å². The number of hydrogen-bond donors (Lipinski definition) is 2. The minimum absolute atomic E-state index is 0.278. The van der Waals surface area contributed by atoms with Crippen molar-refractivity contribution in [2.24, 2.45) is 5.92 Å². The highest BCUT2D eigenvalue weighted by Gasteiger charge is 2.30. The Hall–Kier alpha value is -0.850. The first-order valence-electron chi connectivity index (χ1n) is 7.68. The van der Waals surface area contributed by atoms with Crippen molar-refractivity contribution in [1.82, 2.24) is 4.90 Å². The van der Waals surface area contributed by atoms with E-state index < -0.39 is 18.0 Å². The van der Waals surface area contributed by atoms with Crippen molar-refractivity contribution >= 4 is 6.09 Å². The van der Waals surface area contributed by atoms with Gasteiger partial charge in [0.1, 0.15) is 11.7 Å². The Kier molecular flexibility index (Phi) is 6.90. The molecule has 0 aliphatic carbocycles. The van der Waals surface area contributed by atoms with E-state index >= 15 is 0 Å². The molecule has 21 heavy (non-hydrogen) atoms. The molecule has 0 spiro atoms. The van der Waals surface area contributed by atoms with Gasteiger partial charge in [-0.15, -0.1) is 0 Å². The summed E-state index contributed by atoms with van der Waals surface area (Å²) in [6.07, 6.45) is -0.159. The number of hydrogen-bond acceptors (Lipinski definition) is 5. The highest BCUT2D eigenvalue weighted by molar-refractivity contribution is 5.68. The molecule has 3 atom stereocenters. The lowest BCUT2D eigenvalue weighted by molar-refractivity contribution is -0.160. The maximum Gasteiger partial charge on any atom is 0.410 e. The van der Waals surface area contributed by atoms with Crippen molar-refractivity contribution in [1.29, 1.82) is 0 Å². The van der Waals surface area contributed by atoms with E-state index in [0.29, 0.717) is 32.0 Å². The molecule has 6 nitrogen and oxygen atoms in total. The topological polar surface area (TPSA) is 79.2 Å². The number of likely N-dealkylation sites (tertiary alicyclic amines) is 1. The molecular weight excluding hydrogens is 274 g/mol. The van der Waals surface area contributed by atoms with Gasteiger partial charge >= 0.3 is 6.09 Å². The van der Waals surface area contributed by atoms with Crippen LogP contribution in [0.15, 0.2) is 0 Å². The lowest BCUT2D eigenvalue weighted by atomic mass is 10.00. The van der Waals surface area contributed by atoms with Crippen LogP contribution in [0.25, 0.3) is 0 Å². The molecule has 1 heterocycles. The summed E-state index contributed by atoms with van der Waals surface area (Å²) in [4.78, 5) is 13.6. The molecule has 3 unspecified atom stereocenters. The van der Waals surface area contributed by atoms with Crippen molar-refractivity contribution in [3.63, 3.8) is 0 Å². The van der Waals surface area contributed by atoms with E-state index in [-0.39, 0.29) is 6.09 Å². The fraction of sp³-hybridized carbons (Fsp3) is 0.933. The first-order chi connectivity index (χ1) is 9.73. The molecule has 0 saturated carbocycles. The van der Waals surface area contributed by atoms with Gasteiger partial charge < -0.3 is 24.6 Å². The number of carbonyl (C=O) groups excluding carboxylic acids is 1. The van der Waals surface area contributed by atoms with Crippen LogP contribution in [0, 0.1) is 5.92 Å². The Morgan fingerprint density at radius 1 is 1.38 bits per heavy atom. The molecule has 0 radical (unpaired) electrons. The molecule has 1 fully saturated rings. The van der Waals surface area contributed by atoms with Crippen LogP contribution in [-0.2, 0) is 9.47 Å². The zero-order chi connectivity index (χ0) is 16.0. The average molecular weight is 303 g/mol. The Bertz CT molecular complexity index is 329.